The maximum atomic E-state index is 12.8. The maximum absolute atomic E-state index is 12.8. The van der Waals surface area contributed by atoms with Crippen LogP contribution in [-0.4, -0.2) is 35.5 Å². The Bertz CT molecular complexity index is 1540. The van der Waals surface area contributed by atoms with Crippen molar-refractivity contribution in [3.05, 3.63) is 93.2 Å². The van der Waals surface area contributed by atoms with Crippen LogP contribution in [0, 0.1) is 0 Å². The topological polar surface area (TPSA) is 90.3 Å². The second-order valence-corrected chi connectivity index (χ2v) is 12.2. The van der Waals surface area contributed by atoms with Gasteiger partial charge in [0.25, 0.3) is 5.56 Å². The Morgan fingerprint density at radius 1 is 1.02 bits per heavy atom. The second kappa shape index (κ2) is 13.4. The molecule has 7 nitrogen and oxygen atoms in total. The van der Waals surface area contributed by atoms with E-state index in [1.165, 1.54) is 17.7 Å². The summed E-state index contributed by atoms with van der Waals surface area (Å²) in [6.07, 6.45) is 2.69. The fourth-order valence-electron chi connectivity index (χ4n) is 4.81. The fourth-order valence-corrected chi connectivity index (χ4v) is 6.30. The van der Waals surface area contributed by atoms with Crippen molar-refractivity contribution in [2.45, 2.75) is 51.1 Å². The van der Waals surface area contributed by atoms with Gasteiger partial charge in [-0.05, 0) is 66.6 Å². The highest BCUT2D eigenvalue weighted by Crippen LogP contribution is 2.29. The Labute approximate surface area is 248 Å². The number of nitrogens with zero attached hydrogens (tertiary/aromatic N) is 2. The number of alkyl halides is 3. The Hall–Kier alpha value is -2.86. The van der Waals surface area contributed by atoms with Gasteiger partial charge in [0.15, 0.2) is 0 Å². The molecular formula is C28H30Cl2F3N3O4S. The molecule has 222 valence electrons. The molecule has 1 N–H and O–H groups in total. The van der Waals surface area contributed by atoms with Crippen LogP contribution < -0.4 is 15.6 Å². The molecule has 0 spiro atoms. The fraction of sp³-hybridized carbons (Fsp3) is 0.357. The van der Waals surface area contributed by atoms with E-state index in [-0.39, 0.29) is 54.5 Å². The third-order valence-electron chi connectivity index (χ3n) is 7.07. The van der Waals surface area contributed by atoms with Gasteiger partial charge in [-0.2, -0.15) is 13.2 Å². The molecule has 0 amide bonds. The number of fused-ring (bicyclic) bond motifs is 1. The van der Waals surface area contributed by atoms with Crippen LogP contribution in [0.4, 0.5) is 13.2 Å². The first-order valence-corrected chi connectivity index (χ1v) is 14.5. The summed E-state index contributed by atoms with van der Waals surface area (Å²) in [6, 6.07) is 11.6. The van der Waals surface area contributed by atoms with Crippen molar-refractivity contribution in [1.82, 2.24) is 14.9 Å². The normalized spacial score (nSPS) is 16.5. The smallest absolute Gasteiger partial charge is 0.417 e. The zero-order valence-corrected chi connectivity index (χ0v) is 24.3. The van der Waals surface area contributed by atoms with Gasteiger partial charge in [-0.1, -0.05) is 18.2 Å². The van der Waals surface area contributed by atoms with E-state index in [4.69, 9.17) is 4.74 Å². The van der Waals surface area contributed by atoms with Gasteiger partial charge in [0.2, 0.25) is 0 Å². The van der Waals surface area contributed by atoms with Crippen molar-refractivity contribution < 1.29 is 26.3 Å². The summed E-state index contributed by atoms with van der Waals surface area (Å²) in [5, 5.41) is 3.47. The minimum absolute atomic E-state index is 0. The molecule has 3 aromatic rings. The lowest BCUT2D eigenvalue weighted by atomic mass is 9.93. The number of halogens is 5. The molecule has 3 heterocycles. The van der Waals surface area contributed by atoms with E-state index in [0.717, 1.165) is 35.5 Å². The van der Waals surface area contributed by atoms with Crippen LogP contribution in [0.3, 0.4) is 0 Å². The van der Waals surface area contributed by atoms with Gasteiger partial charge in [0.1, 0.15) is 22.2 Å². The van der Waals surface area contributed by atoms with E-state index in [1.54, 1.807) is 16.8 Å². The summed E-state index contributed by atoms with van der Waals surface area (Å²) in [5.74, 6) is 0.790. The van der Waals surface area contributed by atoms with E-state index in [0.29, 0.717) is 37.3 Å². The molecule has 0 atom stereocenters. The summed E-state index contributed by atoms with van der Waals surface area (Å²) in [5.41, 5.74) is 3.46. The third kappa shape index (κ3) is 8.34. The summed E-state index contributed by atoms with van der Waals surface area (Å²) in [6.45, 7) is 0.617. The lowest BCUT2D eigenvalue weighted by Crippen LogP contribution is -2.37. The second-order valence-electron chi connectivity index (χ2n) is 9.87. The van der Waals surface area contributed by atoms with E-state index in [1.807, 2.05) is 18.2 Å². The van der Waals surface area contributed by atoms with Crippen LogP contribution in [0.5, 0.6) is 5.75 Å². The monoisotopic (exact) mass is 631 g/mol. The summed E-state index contributed by atoms with van der Waals surface area (Å²) in [4.78, 5) is 16.6. The molecular weight excluding hydrogens is 602 g/mol. The molecule has 2 aliphatic rings. The van der Waals surface area contributed by atoms with Crippen LogP contribution in [0.1, 0.15) is 47.2 Å². The SMILES string of the molecule is Cl.Cl.O=c1cc(OCc2ccc(C(F)(F)F)cn2)ccn1C1=Cc2ccc(CNC3CCS(=O)(=O)CC3)cc2CC1. The Kier molecular flexibility index (Phi) is 10.7. The van der Waals surface area contributed by atoms with E-state index in [2.05, 4.69) is 16.4 Å². The molecule has 0 bridgehead atoms. The highest BCUT2D eigenvalue weighted by molar-refractivity contribution is 7.91. The first kappa shape index (κ1) is 32.7. The number of benzene rings is 1. The van der Waals surface area contributed by atoms with E-state index >= 15 is 0 Å². The Morgan fingerprint density at radius 3 is 2.44 bits per heavy atom. The predicted octanol–water partition coefficient (Wildman–Crippen LogP) is 5.30. The summed E-state index contributed by atoms with van der Waals surface area (Å²) < 4.78 is 68.5. The zero-order valence-electron chi connectivity index (χ0n) is 21.9. The first-order chi connectivity index (χ1) is 18.6. The van der Waals surface area contributed by atoms with Crippen molar-refractivity contribution in [3.63, 3.8) is 0 Å². The first-order valence-electron chi connectivity index (χ1n) is 12.7. The van der Waals surface area contributed by atoms with Gasteiger partial charge in [0, 0.05) is 36.7 Å². The standard InChI is InChI=1S/C28H28F3N3O4S.2ClH/c29-28(30,31)22-4-5-24(33-17-22)18-38-26-7-10-34(27(35)15-26)25-6-3-20-13-19(1-2-21(20)14-25)16-32-23-8-11-39(36,37)12-9-23;;/h1-2,4-5,7,10,13-15,17,23,32H,3,6,8-9,11-12,16,18H2;2*1H. The molecule has 2 aromatic heterocycles. The molecule has 1 saturated heterocycles. The molecule has 13 heteroatoms. The predicted molar refractivity (Wildman–Crippen MR) is 156 cm³/mol. The molecule has 1 aliphatic carbocycles. The number of ether oxygens (including phenoxy) is 1. The number of sulfone groups is 1. The van der Waals surface area contributed by atoms with Crippen molar-refractivity contribution in [3.8, 4) is 5.75 Å². The average molecular weight is 633 g/mol. The van der Waals surface area contributed by atoms with Gasteiger partial charge >= 0.3 is 6.18 Å². The van der Waals surface area contributed by atoms with Crippen molar-refractivity contribution >= 4 is 46.4 Å². The minimum Gasteiger partial charge on any atom is -0.487 e. The number of pyridine rings is 2. The van der Waals surface area contributed by atoms with Crippen LogP contribution >= 0.6 is 24.8 Å². The molecule has 1 aromatic carbocycles. The number of hydrogen-bond donors (Lipinski definition) is 1. The molecule has 41 heavy (non-hydrogen) atoms. The van der Waals surface area contributed by atoms with Crippen molar-refractivity contribution in [2.24, 2.45) is 0 Å². The largest absolute Gasteiger partial charge is 0.487 e. The quantitative estimate of drug-likeness (QED) is 0.381. The van der Waals surface area contributed by atoms with Gasteiger partial charge in [-0.15, -0.1) is 24.8 Å². The van der Waals surface area contributed by atoms with E-state index < -0.39 is 21.6 Å². The Balaban J connectivity index is 0.00000231. The molecule has 1 fully saturated rings. The number of hydrogen-bond acceptors (Lipinski definition) is 6. The lowest BCUT2D eigenvalue weighted by Gasteiger charge is -2.24. The van der Waals surface area contributed by atoms with Crippen molar-refractivity contribution in [2.75, 3.05) is 11.5 Å². The van der Waals surface area contributed by atoms with E-state index in [9.17, 15) is 26.4 Å². The van der Waals surface area contributed by atoms with Crippen molar-refractivity contribution in [1.29, 1.82) is 0 Å². The molecule has 0 unspecified atom stereocenters. The van der Waals surface area contributed by atoms with Gasteiger partial charge in [-0.3, -0.25) is 14.3 Å². The van der Waals surface area contributed by atoms with Gasteiger partial charge in [-0.25, -0.2) is 8.42 Å². The summed E-state index contributed by atoms with van der Waals surface area (Å²) in [7, 11) is -2.88. The summed E-state index contributed by atoms with van der Waals surface area (Å²) >= 11 is 0. The molecule has 5 rings (SSSR count). The number of nitrogens with one attached hydrogen (secondary N) is 1. The zero-order chi connectivity index (χ0) is 27.6. The average Bonchev–Trinajstić information content (AvgIpc) is 2.91. The van der Waals surface area contributed by atoms with Crippen LogP contribution in [0.2, 0.25) is 0 Å². The third-order valence-corrected chi connectivity index (χ3v) is 8.78. The Morgan fingerprint density at radius 2 is 1.78 bits per heavy atom. The number of aryl methyl sites for hydroxylation is 1. The highest BCUT2D eigenvalue weighted by atomic mass is 35.5. The van der Waals surface area contributed by atoms with Gasteiger partial charge < -0.3 is 10.1 Å². The molecule has 0 saturated carbocycles. The number of rotatable bonds is 7. The number of aromatic nitrogens is 2. The maximum Gasteiger partial charge on any atom is 0.417 e. The van der Waals surface area contributed by atoms with Crippen LogP contribution in [0.15, 0.2) is 59.7 Å². The highest BCUT2D eigenvalue weighted by Gasteiger charge is 2.30. The lowest BCUT2D eigenvalue weighted by molar-refractivity contribution is -0.137. The molecule has 1 aliphatic heterocycles. The number of allylic oxidation sites excluding steroid dienone is 1. The van der Waals surface area contributed by atoms with Crippen LogP contribution in [0.25, 0.3) is 11.8 Å². The van der Waals surface area contributed by atoms with Gasteiger partial charge in [0.05, 0.1) is 22.8 Å². The van der Waals surface area contributed by atoms with Crippen LogP contribution in [-0.2, 0) is 35.6 Å². The minimum atomic E-state index is -4.45. The molecule has 0 radical (unpaired) electrons.